The van der Waals surface area contributed by atoms with Crippen LogP contribution in [-0.4, -0.2) is 41.7 Å². The maximum absolute atomic E-state index is 12.4. The van der Waals surface area contributed by atoms with Crippen LogP contribution in [0.25, 0.3) is 10.6 Å². The van der Waals surface area contributed by atoms with Crippen molar-refractivity contribution in [1.29, 1.82) is 0 Å². The largest absolute Gasteiger partial charge is 0.493 e. The number of benzene rings is 1. The molecule has 0 aliphatic heterocycles. The Labute approximate surface area is 149 Å². The number of nitrogens with zero attached hydrogens (tertiary/aromatic N) is 1. The zero-order chi connectivity index (χ0) is 18.8. The lowest BCUT2D eigenvalue weighted by atomic mass is 10.1. The first-order valence-electron chi connectivity index (χ1n) is 7.45. The number of carbonyl (C=O) groups is 2. The van der Waals surface area contributed by atoms with Crippen LogP contribution >= 0.6 is 11.3 Å². The fourth-order valence-corrected chi connectivity index (χ4v) is 3.05. The molecule has 1 aromatic heterocycles. The highest BCUT2D eigenvalue weighted by atomic mass is 32.1. The summed E-state index contributed by atoms with van der Waals surface area (Å²) in [5.74, 6) is -0.413. The van der Waals surface area contributed by atoms with E-state index in [2.05, 4.69) is 10.3 Å². The predicted molar refractivity (Wildman–Crippen MR) is 94.6 cm³/mol. The number of nitrogens with one attached hydrogen (secondary N) is 1. The standard InChI is InChI=1S/C17H20N2O5S/c1-9-13(14(20)19-17(2,3)16(21)22)25-15(18-9)10-6-7-11(23-4)12(8-10)24-5/h6-8H,1-5H3,(H,19,20)(H,21,22). The van der Waals surface area contributed by atoms with E-state index >= 15 is 0 Å². The maximum atomic E-state index is 12.4. The van der Waals surface area contributed by atoms with Gasteiger partial charge in [0.1, 0.15) is 15.4 Å². The third kappa shape index (κ3) is 3.90. The zero-order valence-corrected chi connectivity index (χ0v) is 15.5. The van der Waals surface area contributed by atoms with Crippen molar-refractivity contribution in [2.45, 2.75) is 26.3 Å². The molecule has 1 aromatic carbocycles. The summed E-state index contributed by atoms with van der Waals surface area (Å²) >= 11 is 1.19. The molecule has 25 heavy (non-hydrogen) atoms. The normalized spacial score (nSPS) is 11.1. The summed E-state index contributed by atoms with van der Waals surface area (Å²) in [6.45, 7) is 4.57. The first-order chi connectivity index (χ1) is 11.7. The Morgan fingerprint density at radius 3 is 2.40 bits per heavy atom. The Morgan fingerprint density at radius 1 is 1.20 bits per heavy atom. The molecule has 0 radical (unpaired) electrons. The summed E-state index contributed by atoms with van der Waals surface area (Å²) < 4.78 is 10.5. The third-order valence-electron chi connectivity index (χ3n) is 3.59. The average Bonchev–Trinajstić information content (AvgIpc) is 2.95. The molecule has 134 valence electrons. The second-order valence-electron chi connectivity index (χ2n) is 5.89. The van der Waals surface area contributed by atoms with E-state index in [4.69, 9.17) is 14.6 Å². The van der Waals surface area contributed by atoms with Gasteiger partial charge < -0.3 is 19.9 Å². The number of carboxylic acids is 1. The fourth-order valence-electron chi connectivity index (χ4n) is 2.09. The highest BCUT2D eigenvalue weighted by molar-refractivity contribution is 7.17. The molecule has 0 spiro atoms. The quantitative estimate of drug-likeness (QED) is 0.818. The lowest BCUT2D eigenvalue weighted by Gasteiger charge is -2.20. The number of hydrogen-bond acceptors (Lipinski definition) is 6. The maximum Gasteiger partial charge on any atom is 0.328 e. The van der Waals surface area contributed by atoms with Crippen LogP contribution in [0.5, 0.6) is 11.5 Å². The minimum atomic E-state index is -1.36. The van der Waals surface area contributed by atoms with Crippen molar-refractivity contribution in [3.05, 3.63) is 28.8 Å². The molecular formula is C17H20N2O5S. The summed E-state index contributed by atoms with van der Waals surface area (Å²) in [6.07, 6.45) is 0. The van der Waals surface area contributed by atoms with Gasteiger partial charge in [-0.25, -0.2) is 9.78 Å². The minimum absolute atomic E-state index is 0.374. The molecule has 0 saturated carbocycles. The van der Waals surface area contributed by atoms with Crippen molar-refractivity contribution in [1.82, 2.24) is 10.3 Å². The van der Waals surface area contributed by atoms with E-state index in [1.807, 2.05) is 6.07 Å². The highest BCUT2D eigenvalue weighted by Gasteiger charge is 2.30. The molecule has 0 unspecified atom stereocenters. The molecule has 7 nitrogen and oxygen atoms in total. The molecule has 2 rings (SSSR count). The predicted octanol–water partition coefficient (Wildman–Crippen LogP) is 2.73. The van der Waals surface area contributed by atoms with Gasteiger partial charge in [-0.3, -0.25) is 4.79 Å². The van der Waals surface area contributed by atoms with E-state index in [9.17, 15) is 9.59 Å². The monoisotopic (exact) mass is 364 g/mol. The number of methoxy groups -OCH3 is 2. The number of carboxylic acid groups (broad SMARTS) is 1. The van der Waals surface area contributed by atoms with Crippen molar-refractivity contribution in [3.63, 3.8) is 0 Å². The Kier molecular flexibility index (Phi) is 5.32. The smallest absolute Gasteiger partial charge is 0.328 e. The molecule has 1 amide bonds. The molecule has 0 aliphatic rings. The minimum Gasteiger partial charge on any atom is -0.493 e. The Hall–Kier alpha value is -2.61. The van der Waals surface area contributed by atoms with Crippen molar-refractivity contribution in [2.24, 2.45) is 0 Å². The topological polar surface area (TPSA) is 97.8 Å². The number of thiazole rings is 1. The second-order valence-corrected chi connectivity index (χ2v) is 6.89. The number of aryl methyl sites for hydroxylation is 1. The van der Waals surface area contributed by atoms with E-state index in [-0.39, 0.29) is 0 Å². The molecule has 0 saturated heterocycles. The van der Waals surface area contributed by atoms with E-state index in [1.54, 1.807) is 33.3 Å². The van der Waals surface area contributed by atoms with Gasteiger partial charge in [-0.1, -0.05) is 0 Å². The molecule has 0 aliphatic carbocycles. The Bertz CT molecular complexity index is 813. The second kappa shape index (κ2) is 7.10. The highest BCUT2D eigenvalue weighted by Crippen LogP contribution is 2.35. The molecule has 2 aromatic rings. The van der Waals surface area contributed by atoms with Gasteiger partial charge in [-0.2, -0.15) is 0 Å². The van der Waals surface area contributed by atoms with Crippen LogP contribution in [0.2, 0.25) is 0 Å². The van der Waals surface area contributed by atoms with E-state index in [1.165, 1.54) is 25.2 Å². The van der Waals surface area contributed by atoms with Crippen LogP contribution < -0.4 is 14.8 Å². The van der Waals surface area contributed by atoms with Gasteiger partial charge >= 0.3 is 5.97 Å². The molecule has 0 fully saturated rings. The number of amides is 1. The molecule has 0 atom stereocenters. The van der Waals surface area contributed by atoms with Crippen LogP contribution in [0.1, 0.15) is 29.2 Å². The van der Waals surface area contributed by atoms with E-state index in [0.29, 0.717) is 27.1 Å². The van der Waals surface area contributed by atoms with Crippen molar-refractivity contribution in [3.8, 4) is 22.1 Å². The van der Waals surface area contributed by atoms with Crippen LogP contribution in [0.15, 0.2) is 18.2 Å². The fraction of sp³-hybridized carbons (Fsp3) is 0.353. The lowest BCUT2D eigenvalue weighted by molar-refractivity contribution is -0.143. The molecule has 0 bridgehead atoms. The summed E-state index contributed by atoms with van der Waals surface area (Å²) in [5, 5.41) is 12.3. The van der Waals surface area contributed by atoms with E-state index in [0.717, 1.165) is 5.56 Å². The zero-order valence-electron chi connectivity index (χ0n) is 14.7. The molecule has 8 heteroatoms. The number of carbonyl (C=O) groups excluding carboxylic acids is 1. The van der Waals surface area contributed by atoms with Gasteiger partial charge in [0.25, 0.3) is 5.91 Å². The molecule has 2 N–H and O–H groups in total. The average molecular weight is 364 g/mol. The number of ether oxygens (including phenoxy) is 2. The van der Waals surface area contributed by atoms with Crippen molar-refractivity contribution < 1.29 is 24.2 Å². The first-order valence-corrected chi connectivity index (χ1v) is 8.27. The van der Waals surface area contributed by atoms with Gasteiger partial charge in [-0.15, -0.1) is 11.3 Å². The van der Waals surface area contributed by atoms with E-state index < -0.39 is 17.4 Å². The summed E-state index contributed by atoms with van der Waals surface area (Å²) in [7, 11) is 3.10. The summed E-state index contributed by atoms with van der Waals surface area (Å²) in [4.78, 5) is 28.4. The van der Waals surface area contributed by atoms with Gasteiger partial charge in [0.2, 0.25) is 0 Å². The third-order valence-corrected chi connectivity index (χ3v) is 4.80. The summed E-state index contributed by atoms with van der Waals surface area (Å²) in [6, 6.07) is 5.36. The molecule has 1 heterocycles. The summed E-state index contributed by atoms with van der Waals surface area (Å²) in [5.41, 5.74) is -0.0486. The van der Waals surface area contributed by atoms with Gasteiger partial charge in [-0.05, 0) is 39.0 Å². The van der Waals surface area contributed by atoms with Gasteiger partial charge in [0.15, 0.2) is 11.5 Å². The van der Waals surface area contributed by atoms with Crippen molar-refractivity contribution in [2.75, 3.05) is 14.2 Å². The number of hydrogen-bond donors (Lipinski definition) is 2. The molecular weight excluding hydrogens is 344 g/mol. The van der Waals surface area contributed by atoms with Crippen LogP contribution in [0, 0.1) is 6.92 Å². The first kappa shape index (κ1) is 18.7. The Morgan fingerprint density at radius 2 is 1.84 bits per heavy atom. The van der Waals surface area contributed by atoms with Crippen LogP contribution in [0.4, 0.5) is 0 Å². The Balaban J connectivity index is 2.34. The van der Waals surface area contributed by atoms with Crippen LogP contribution in [-0.2, 0) is 4.79 Å². The SMILES string of the molecule is COc1ccc(-c2nc(C)c(C(=O)NC(C)(C)C(=O)O)s2)cc1OC. The van der Waals surface area contributed by atoms with Gasteiger partial charge in [0.05, 0.1) is 19.9 Å². The number of aliphatic carboxylic acids is 1. The number of rotatable bonds is 6. The van der Waals surface area contributed by atoms with Crippen molar-refractivity contribution >= 4 is 23.2 Å². The van der Waals surface area contributed by atoms with Crippen LogP contribution in [0.3, 0.4) is 0 Å². The number of aromatic nitrogens is 1. The lowest BCUT2D eigenvalue weighted by Crippen LogP contribution is -2.49. The van der Waals surface area contributed by atoms with Gasteiger partial charge in [0, 0.05) is 5.56 Å².